The summed E-state index contributed by atoms with van der Waals surface area (Å²) in [6, 6.07) is 1.01. The third-order valence-electron chi connectivity index (χ3n) is 4.03. The molecule has 1 N–H and O–H groups in total. The Morgan fingerprint density at radius 1 is 1.37 bits per heavy atom. The van der Waals surface area contributed by atoms with E-state index in [4.69, 9.17) is 0 Å². The van der Waals surface area contributed by atoms with Crippen molar-refractivity contribution in [2.45, 2.75) is 38.4 Å². The lowest BCUT2D eigenvalue weighted by molar-refractivity contribution is -0.141. The third-order valence-corrected chi connectivity index (χ3v) is 5.09. The van der Waals surface area contributed by atoms with E-state index >= 15 is 0 Å². The Balaban J connectivity index is 1.74. The second kappa shape index (κ2) is 6.95. The molecular formula is C16H18F3N5O2S. The van der Waals surface area contributed by atoms with Crippen LogP contribution in [0.4, 0.5) is 18.3 Å². The Labute approximate surface area is 157 Å². The minimum absolute atomic E-state index is 0.00724. The molecule has 27 heavy (non-hydrogen) atoms. The molecule has 0 unspecified atom stereocenters. The van der Waals surface area contributed by atoms with E-state index in [1.807, 2.05) is 0 Å². The van der Waals surface area contributed by atoms with Crippen LogP contribution in [0.2, 0.25) is 0 Å². The predicted molar refractivity (Wildman–Crippen MR) is 92.7 cm³/mol. The molecule has 0 bridgehead atoms. The third kappa shape index (κ3) is 4.29. The number of nitrogens with one attached hydrogen (secondary N) is 1. The van der Waals surface area contributed by atoms with Crippen LogP contribution in [-0.2, 0) is 17.5 Å². The highest BCUT2D eigenvalue weighted by Crippen LogP contribution is 2.42. The topological polar surface area (TPSA) is 80.1 Å². The van der Waals surface area contributed by atoms with Crippen LogP contribution in [0.1, 0.15) is 45.5 Å². The summed E-state index contributed by atoms with van der Waals surface area (Å²) in [6.45, 7) is 1.30. The van der Waals surface area contributed by atoms with Crippen LogP contribution in [-0.4, -0.2) is 45.6 Å². The number of anilines is 1. The normalized spacial score (nSPS) is 14.3. The summed E-state index contributed by atoms with van der Waals surface area (Å²) in [7, 11) is 3.21. The lowest BCUT2D eigenvalue weighted by atomic mass is 10.2. The molecule has 3 rings (SSSR count). The Morgan fingerprint density at radius 3 is 2.59 bits per heavy atom. The highest BCUT2D eigenvalue weighted by molar-refractivity contribution is 7.17. The Morgan fingerprint density at radius 2 is 2.04 bits per heavy atom. The summed E-state index contributed by atoms with van der Waals surface area (Å²) >= 11 is 1.02. The summed E-state index contributed by atoms with van der Waals surface area (Å²) in [5, 5.41) is 6.31. The zero-order chi connectivity index (χ0) is 19.9. The molecule has 1 aliphatic carbocycles. The monoisotopic (exact) mass is 401 g/mol. The molecule has 2 aromatic heterocycles. The van der Waals surface area contributed by atoms with Gasteiger partial charge in [-0.1, -0.05) is 11.3 Å². The van der Waals surface area contributed by atoms with E-state index in [1.165, 1.54) is 4.90 Å². The maximum Gasteiger partial charge on any atom is 0.435 e. The fourth-order valence-corrected chi connectivity index (χ4v) is 3.55. The highest BCUT2D eigenvalue weighted by Gasteiger charge is 2.38. The van der Waals surface area contributed by atoms with Gasteiger partial charge < -0.3 is 10.2 Å². The Bertz CT molecular complexity index is 883. The number of hydrogen-bond donors (Lipinski definition) is 1. The van der Waals surface area contributed by atoms with E-state index < -0.39 is 17.8 Å². The van der Waals surface area contributed by atoms with Crippen LogP contribution in [0.15, 0.2) is 6.07 Å². The van der Waals surface area contributed by atoms with Gasteiger partial charge in [-0.2, -0.15) is 18.3 Å². The Kier molecular flexibility index (Phi) is 4.98. The molecule has 2 amide bonds. The van der Waals surface area contributed by atoms with E-state index in [1.54, 1.807) is 21.0 Å². The van der Waals surface area contributed by atoms with Gasteiger partial charge in [0, 0.05) is 25.7 Å². The first-order valence-corrected chi connectivity index (χ1v) is 9.01. The second-order valence-corrected chi connectivity index (χ2v) is 7.56. The predicted octanol–water partition coefficient (Wildman–Crippen LogP) is 2.88. The summed E-state index contributed by atoms with van der Waals surface area (Å²) < 4.78 is 39.8. The molecule has 7 nitrogen and oxygen atoms in total. The van der Waals surface area contributed by atoms with Gasteiger partial charge in [0.1, 0.15) is 11.4 Å². The summed E-state index contributed by atoms with van der Waals surface area (Å²) in [5.41, 5.74) is -0.108. The molecule has 0 aliphatic heterocycles. The largest absolute Gasteiger partial charge is 0.435 e. The number of hydrogen-bond acceptors (Lipinski definition) is 5. The van der Waals surface area contributed by atoms with Gasteiger partial charge in [0.2, 0.25) is 5.91 Å². The number of carbonyl (C=O) groups excluding carboxylic acids is 2. The number of amides is 2. The van der Waals surface area contributed by atoms with E-state index in [2.05, 4.69) is 15.4 Å². The van der Waals surface area contributed by atoms with Crippen LogP contribution in [0, 0.1) is 6.92 Å². The van der Waals surface area contributed by atoms with Gasteiger partial charge in [0.15, 0.2) is 10.8 Å². The number of aromatic nitrogens is 3. The van der Waals surface area contributed by atoms with Crippen molar-refractivity contribution in [2.75, 3.05) is 19.4 Å². The van der Waals surface area contributed by atoms with Crippen molar-refractivity contribution in [1.82, 2.24) is 19.7 Å². The van der Waals surface area contributed by atoms with Crippen molar-refractivity contribution in [3.8, 4) is 0 Å². The van der Waals surface area contributed by atoms with E-state index in [0.717, 1.165) is 34.9 Å². The average Bonchev–Trinajstić information content (AvgIpc) is 3.20. The number of alkyl halides is 3. The number of thiazole rings is 1. The lowest BCUT2D eigenvalue weighted by Gasteiger charge is -2.08. The number of halogens is 3. The first kappa shape index (κ1) is 19.3. The molecule has 2 aromatic rings. The zero-order valence-corrected chi connectivity index (χ0v) is 15.7. The minimum atomic E-state index is -4.56. The quantitative estimate of drug-likeness (QED) is 0.836. The van der Waals surface area contributed by atoms with Gasteiger partial charge in [0.25, 0.3) is 5.91 Å². The van der Waals surface area contributed by atoms with Gasteiger partial charge >= 0.3 is 6.18 Å². The molecule has 0 aromatic carbocycles. The first-order chi connectivity index (χ1) is 12.6. The fourth-order valence-electron chi connectivity index (χ4n) is 2.55. The minimum Gasteiger partial charge on any atom is -0.344 e. The molecular weight excluding hydrogens is 383 g/mol. The van der Waals surface area contributed by atoms with Crippen molar-refractivity contribution in [2.24, 2.45) is 0 Å². The summed E-state index contributed by atoms with van der Waals surface area (Å²) in [4.78, 5) is 30.3. The molecule has 0 radical (unpaired) electrons. The standard InChI is InChI=1S/C16H18F3N5O2S/c1-8-13(14(26)23(2)3)27-15(20-8)21-12(25)7-24-10(9-4-5-9)6-11(22-24)16(17,18)19/h6,9H,4-5,7H2,1-3H3,(H,20,21,25). The van der Waals surface area contributed by atoms with Crippen molar-refractivity contribution in [3.63, 3.8) is 0 Å². The van der Waals surface area contributed by atoms with Crippen LogP contribution >= 0.6 is 11.3 Å². The molecule has 1 fully saturated rings. The molecule has 2 heterocycles. The van der Waals surface area contributed by atoms with Crippen LogP contribution in [0.3, 0.4) is 0 Å². The van der Waals surface area contributed by atoms with Gasteiger partial charge in [0.05, 0.1) is 5.69 Å². The zero-order valence-electron chi connectivity index (χ0n) is 14.9. The van der Waals surface area contributed by atoms with Gasteiger partial charge in [-0.15, -0.1) is 0 Å². The maximum atomic E-state index is 12.9. The number of carbonyl (C=O) groups is 2. The summed E-state index contributed by atoms with van der Waals surface area (Å²) in [6.07, 6.45) is -2.99. The van der Waals surface area contributed by atoms with Crippen LogP contribution < -0.4 is 5.32 Å². The molecule has 146 valence electrons. The number of nitrogens with zero attached hydrogens (tertiary/aromatic N) is 4. The summed E-state index contributed by atoms with van der Waals surface area (Å²) in [5.74, 6) is -0.775. The number of aryl methyl sites for hydroxylation is 1. The Hall–Kier alpha value is -2.43. The first-order valence-electron chi connectivity index (χ1n) is 8.20. The maximum absolute atomic E-state index is 12.9. The van der Waals surface area contributed by atoms with E-state index in [-0.39, 0.29) is 23.5 Å². The lowest BCUT2D eigenvalue weighted by Crippen LogP contribution is -2.21. The van der Waals surface area contributed by atoms with Gasteiger partial charge in [-0.25, -0.2) is 4.98 Å². The fraction of sp³-hybridized carbons (Fsp3) is 0.500. The van der Waals surface area contributed by atoms with Crippen molar-refractivity contribution < 1.29 is 22.8 Å². The second-order valence-electron chi connectivity index (χ2n) is 6.57. The van der Waals surface area contributed by atoms with E-state index in [0.29, 0.717) is 16.3 Å². The number of rotatable bonds is 5. The molecule has 0 spiro atoms. The van der Waals surface area contributed by atoms with Crippen molar-refractivity contribution >= 4 is 28.3 Å². The van der Waals surface area contributed by atoms with Crippen molar-refractivity contribution in [1.29, 1.82) is 0 Å². The van der Waals surface area contributed by atoms with Gasteiger partial charge in [-0.05, 0) is 25.8 Å². The van der Waals surface area contributed by atoms with Crippen molar-refractivity contribution in [3.05, 3.63) is 28.0 Å². The average molecular weight is 401 g/mol. The molecule has 1 saturated carbocycles. The molecule has 1 aliphatic rings. The molecule has 0 saturated heterocycles. The smallest absolute Gasteiger partial charge is 0.344 e. The van der Waals surface area contributed by atoms with E-state index in [9.17, 15) is 22.8 Å². The molecule has 11 heteroatoms. The molecule has 0 atom stereocenters. The highest BCUT2D eigenvalue weighted by atomic mass is 32.1. The van der Waals surface area contributed by atoms with Crippen LogP contribution in [0.25, 0.3) is 0 Å². The van der Waals surface area contributed by atoms with Crippen LogP contribution in [0.5, 0.6) is 0 Å². The van der Waals surface area contributed by atoms with Gasteiger partial charge in [-0.3, -0.25) is 14.3 Å². The SMILES string of the molecule is Cc1nc(NC(=O)Cn2nc(C(F)(F)F)cc2C2CC2)sc1C(=O)N(C)C.